The van der Waals surface area contributed by atoms with Crippen LogP contribution in [0.4, 0.5) is 5.69 Å². The third-order valence-electron chi connectivity index (χ3n) is 3.31. The van der Waals surface area contributed by atoms with Crippen molar-refractivity contribution in [1.29, 1.82) is 0 Å². The van der Waals surface area contributed by atoms with E-state index in [-0.39, 0.29) is 11.5 Å². The largest absolute Gasteiger partial charge is 0.486 e. The van der Waals surface area contributed by atoms with Crippen LogP contribution in [0.1, 0.15) is 0 Å². The third-order valence-corrected chi connectivity index (χ3v) is 4.71. The van der Waals surface area contributed by atoms with Gasteiger partial charge in [-0.15, -0.1) is 0 Å². The molecule has 9 heteroatoms. The standard InChI is InChI=1S/C16H16N2O6S/c17-16(19)10-24-12-2-4-13(5-3-12)25(20,21)18-11-1-6-14-15(9-11)23-8-7-22-14/h1-6,9,18H,7-8,10H2,(H2,17,19). The summed E-state index contributed by atoms with van der Waals surface area (Å²) in [6.07, 6.45) is 0. The van der Waals surface area contributed by atoms with E-state index in [1.54, 1.807) is 18.2 Å². The fraction of sp³-hybridized carbons (Fsp3) is 0.188. The lowest BCUT2D eigenvalue weighted by Gasteiger charge is -2.19. The molecule has 1 aliphatic rings. The van der Waals surface area contributed by atoms with E-state index in [0.717, 1.165) is 0 Å². The number of fused-ring (bicyclic) bond motifs is 1. The molecule has 0 unspecified atom stereocenters. The van der Waals surface area contributed by atoms with Gasteiger partial charge in [0, 0.05) is 6.07 Å². The predicted octanol–water partition coefficient (Wildman–Crippen LogP) is 1.12. The van der Waals surface area contributed by atoms with E-state index in [1.807, 2.05) is 0 Å². The number of amides is 1. The van der Waals surface area contributed by atoms with Gasteiger partial charge in [0.25, 0.3) is 15.9 Å². The van der Waals surface area contributed by atoms with E-state index < -0.39 is 15.9 Å². The minimum atomic E-state index is -3.78. The zero-order valence-corrected chi connectivity index (χ0v) is 13.9. The maximum atomic E-state index is 12.4. The summed E-state index contributed by atoms with van der Waals surface area (Å²) in [4.78, 5) is 10.7. The van der Waals surface area contributed by atoms with Crippen molar-refractivity contribution in [3.8, 4) is 17.2 Å². The second-order valence-electron chi connectivity index (χ2n) is 5.19. The van der Waals surface area contributed by atoms with Crippen LogP contribution in [0.5, 0.6) is 17.2 Å². The second-order valence-corrected chi connectivity index (χ2v) is 6.87. The lowest BCUT2D eigenvalue weighted by Crippen LogP contribution is -2.20. The van der Waals surface area contributed by atoms with Gasteiger partial charge in [-0.25, -0.2) is 8.42 Å². The molecule has 0 saturated carbocycles. The third kappa shape index (κ3) is 4.13. The van der Waals surface area contributed by atoms with Gasteiger partial charge in [-0.3, -0.25) is 9.52 Å². The smallest absolute Gasteiger partial charge is 0.261 e. The maximum absolute atomic E-state index is 12.4. The summed E-state index contributed by atoms with van der Waals surface area (Å²) in [5.41, 5.74) is 5.34. The highest BCUT2D eigenvalue weighted by Gasteiger charge is 2.17. The summed E-state index contributed by atoms with van der Waals surface area (Å²) in [5, 5.41) is 0. The van der Waals surface area contributed by atoms with Crippen LogP contribution in [0, 0.1) is 0 Å². The highest BCUT2D eigenvalue weighted by molar-refractivity contribution is 7.92. The van der Waals surface area contributed by atoms with Crippen LogP contribution < -0.4 is 24.7 Å². The lowest BCUT2D eigenvalue weighted by atomic mass is 10.3. The van der Waals surface area contributed by atoms with E-state index in [2.05, 4.69) is 4.72 Å². The summed E-state index contributed by atoms with van der Waals surface area (Å²) in [6.45, 7) is 0.597. The molecule has 0 atom stereocenters. The average Bonchev–Trinajstić information content (AvgIpc) is 2.60. The molecule has 132 valence electrons. The topological polar surface area (TPSA) is 117 Å². The molecule has 2 aromatic rings. The van der Waals surface area contributed by atoms with E-state index in [4.69, 9.17) is 19.9 Å². The summed E-state index contributed by atoms with van der Waals surface area (Å²) in [7, 11) is -3.78. The highest BCUT2D eigenvalue weighted by atomic mass is 32.2. The average molecular weight is 364 g/mol. The molecule has 25 heavy (non-hydrogen) atoms. The van der Waals surface area contributed by atoms with Crippen molar-refractivity contribution in [1.82, 2.24) is 0 Å². The molecule has 1 heterocycles. The zero-order chi connectivity index (χ0) is 17.9. The number of carbonyl (C=O) groups excluding carboxylic acids is 1. The van der Waals surface area contributed by atoms with Gasteiger partial charge < -0.3 is 19.9 Å². The first-order chi connectivity index (χ1) is 11.9. The van der Waals surface area contributed by atoms with Crippen molar-refractivity contribution < 1.29 is 27.4 Å². The molecule has 0 fully saturated rings. The highest BCUT2D eigenvalue weighted by Crippen LogP contribution is 2.33. The first-order valence-corrected chi connectivity index (χ1v) is 8.86. The Morgan fingerprint density at radius 2 is 1.76 bits per heavy atom. The van der Waals surface area contributed by atoms with Gasteiger partial charge >= 0.3 is 0 Å². The van der Waals surface area contributed by atoms with Crippen molar-refractivity contribution >= 4 is 21.6 Å². The predicted molar refractivity (Wildman–Crippen MR) is 89.4 cm³/mol. The Balaban J connectivity index is 1.74. The van der Waals surface area contributed by atoms with Crippen LogP contribution in [0.2, 0.25) is 0 Å². The minimum absolute atomic E-state index is 0.0498. The fourth-order valence-electron chi connectivity index (χ4n) is 2.19. The van der Waals surface area contributed by atoms with Crippen LogP contribution in [0.3, 0.4) is 0 Å². The molecule has 0 aliphatic carbocycles. The number of rotatable bonds is 6. The quantitative estimate of drug-likeness (QED) is 0.793. The van der Waals surface area contributed by atoms with Crippen LogP contribution in [-0.4, -0.2) is 34.1 Å². The van der Waals surface area contributed by atoms with Gasteiger partial charge in [-0.05, 0) is 36.4 Å². The molecule has 2 aromatic carbocycles. The van der Waals surface area contributed by atoms with Gasteiger partial charge in [-0.2, -0.15) is 0 Å². The Morgan fingerprint density at radius 3 is 2.44 bits per heavy atom. The molecular formula is C16H16N2O6S. The van der Waals surface area contributed by atoms with Crippen LogP contribution in [0.15, 0.2) is 47.4 Å². The molecule has 0 saturated heterocycles. The van der Waals surface area contributed by atoms with Crippen LogP contribution in [-0.2, 0) is 14.8 Å². The summed E-state index contributed by atoms with van der Waals surface area (Å²) >= 11 is 0. The minimum Gasteiger partial charge on any atom is -0.486 e. The van der Waals surface area contributed by atoms with Crippen LogP contribution >= 0.6 is 0 Å². The Kier molecular flexibility index (Phi) is 4.66. The van der Waals surface area contributed by atoms with Gasteiger partial charge in [0.05, 0.1) is 10.6 Å². The normalized spacial score (nSPS) is 13.1. The van der Waals surface area contributed by atoms with E-state index in [1.165, 1.54) is 24.3 Å². The number of primary amides is 1. The Labute approximate surface area is 144 Å². The Morgan fingerprint density at radius 1 is 1.08 bits per heavy atom. The number of nitrogens with one attached hydrogen (secondary N) is 1. The number of sulfonamides is 1. The first kappa shape index (κ1) is 16.9. The van der Waals surface area contributed by atoms with Crippen molar-refractivity contribution in [3.05, 3.63) is 42.5 Å². The van der Waals surface area contributed by atoms with E-state index in [9.17, 15) is 13.2 Å². The van der Waals surface area contributed by atoms with Gasteiger partial charge in [0.1, 0.15) is 19.0 Å². The number of benzene rings is 2. The Hall–Kier alpha value is -2.94. The fourth-order valence-corrected chi connectivity index (χ4v) is 3.24. The van der Waals surface area contributed by atoms with Crippen molar-refractivity contribution in [3.63, 3.8) is 0 Å². The zero-order valence-electron chi connectivity index (χ0n) is 13.1. The van der Waals surface area contributed by atoms with Gasteiger partial charge in [0.15, 0.2) is 18.1 Å². The van der Waals surface area contributed by atoms with Gasteiger partial charge in [0.2, 0.25) is 0 Å². The maximum Gasteiger partial charge on any atom is 0.261 e. The number of hydrogen-bond acceptors (Lipinski definition) is 6. The molecule has 3 rings (SSSR count). The molecule has 1 amide bonds. The number of hydrogen-bond donors (Lipinski definition) is 2. The van der Waals surface area contributed by atoms with Crippen molar-refractivity contribution in [2.45, 2.75) is 4.90 Å². The molecule has 0 radical (unpaired) electrons. The Bertz CT molecular complexity index is 880. The molecular weight excluding hydrogens is 348 g/mol. The van der Waals surface area contributed by atoms with Gasteiger partial charge in [-0.1, -0.05) is 0 Å². The first-order valence-electron chi connectivity index (χ1n) is 7.38. The molecule has 3 N–H and O–H groups in total. The molecule has 0 bridgehead atoms. The summed E-state index contributed by atoms with van der Waals surface area (Å²) in [6, 6.07) is 10.4. The van der Waals surface area contributed by atoms with Crippen LogP contribution in [0.25, 0.3) is 0 Å². The summed E-state index contributed by atoms with van der Waals surface area (Å²) in [5.74, 6) is 0.792. The van der Waals surface area contributed by atoms with Crippen molar-refractivity contribution in [2.24, 2.45) is 5.73 Å². The van der Waals surface area contributed by atoms with Crippen molar-refractivity contribution in [2.75, 3.05) is 24.5 Å². The molecule has 0 aromatic heterocycles. The lowest BCUT2D eigenvalue weighted by molar-refractivity contribution is -0.119. The number of nitrogens with two attached hydrogens (primary N) is 1. The number of carbonyl (C=O) groups is 1. The second kappa shape index (κ2) is 6.89. The molecule has 8 nitrogen and oxygen atoms in total. The summed E-state index contributed by atoms with van der Waals surface area (Å²) < 4.78 is 43.3. The van der Waals surface area contributed by atoms with E-state index in [0.29, 0.717) is 36.1 Å². The monoisotopic (exact) mass is 364 g/mol. The van der Waals surface area contributed by atoms with E-state index >= 15 is 0 Å². The molecule has 1 aliphatic heterocycles. The SMILES string of the molecule is NC(=O)COc1ccc(S(=O)(=O)Nc2ccc3c(c2)OCCO3)cc1. The number of ether oxygens (including phenoxy) is 3. The number of anilines is 1. The molecule has 0 spiro atoms.